The molecule has 0 radical (unpaired) electrons. The van der Waals surface area contributed by atoms with E-state index in [1.807, 2.05) is 0 Å². The second kappa shape index (κ2) is 5.31. The van der Waals surface area contributed by atoms with E-state index < -0.39 is 9.84 Å². The number of aromatic nitrogens is 2. The molecule has 0 aliphatic heterocycles. The van der Waals surface area contributed by atoms with Crippen molar-refractivity contribution in [3.05, 3.63) is 35.7 Å². The summed E-state index contributed by atoms with van der Waals surface area (Å²) in [5, 5.41) is 3.72. The van der Waals surface area contributed by atoms with Crippen LogP contribution in [0.2, 0.25) is 0 Å². The van der Waals surface area contributed by atoms with E-state index in [1.54, 1.807) is 31.2 Å². The average Bonchev–Trinajstić information content (AvgIpc) is 2.86. The zero-order valence-corrected chi connectivity index (χ0v) is 11.1. The number of carbonyl (C=O) groups is 1. The summed E-state index contributed by atoms with van der Waals surface area (Å²) in [7, 11) is -3.19. The van der Waals surface area contributed by atoms with Gasteiger partial charge in [-0.05, 0) is 0 Å². The van der Waals surface area contributed by atoms with Crippen LogP contribution in [-0.4, -0.2) is 30.6 Å². The number of aldehydes is 1. The van der Waals surface area contributed by atoms with Crippen molar-refractivity contribution in [2.24, 2.45) is 0 Å². The second-order valence-electron chi connectivity index (χ2n) is 3.93. The van der Waals surface area contributed by atoms with Crippen LogP contribution in [0, 0.1) is 0 Å². The Balaban J connectivity index is 2.23. The van der Waals surface area contributed by atoms with Crippen molar-refractivity contribution in [3.63, 3.8) is 0 Å². The van der Waals surface area contributed by atoms with Gasteiger partial charge in [0.25, 0.3) is 0 Å². The van der Waals surface area contributed by atoms with E-state index in [9.17, 15) is 13.2 Å². The van der Waals surface area contributed by atoms with Gasteiger partial charge in [-0.15, -0.1) is 0 Å². The zero-order chi connectivity index (χ0) is 13.9. The molecule has 0 amide bonds. The van der Waals surface area contributed by atoms with E-state index in [0.29, 0.717) is 17.0 Å². The summed E-state index contributed by atoms with van der Waals surface area (Å²) in [6.07, 6.45) is 0.735. The Morgan fingerprint density at radius 1 is 1.26 bits per heavy atom. The highest BCUT2D eigenvalue weighted by molar-refractivity contribution is 7.90. The normalized spacial score (nSPS) is 11.4. The monoisotopic (exact) mass is 280 g/mol. The highest BCUT2D eigenvalue weighted by atomic mass is 32.2. The minimum absolute atomic E-state index is 0.0265. The predicted octanol–water partition coefficient (Wildman–Crippen LogP) is 1.48. The van der Waals surface area contributed by atoms with Crippen LogP contribution in [0.1, 0.15) is 23.2 Å². The van der Waals surface area contributed by atoms with Crippen LogP contribution < -0.4 is 0 Å². The lowest BCUT2D eigenvalue weighted by molar-refractivity contribution is 0.112. The lowest BCUT2D eigenvalue weighted by atomic mass is 10.1. The maximum atomic E-state index is 11.4. The van der Waals surface area contributed by atoms with Gasteiger partial charge in [-0.1, -0.05) is 36.3 Å². The minimum atomic E-state index is -3.19. The summed E-state index contributed by atoms with van der Waals surface area (Å²) in [5.41, 5.74) is 1.20. The first-order chi connectivity index (χ1) is 9.04. The van der Waals surface area contributed by atoms with Gasteiger partial charge in [-0.2, -0.15) is 4.98 Å². The number of hydrogen-bond donors (Lipinski definition) is 0. The zero-order valence-electron chi connectivity index (χ0n) is 10.2. The van der Waals surface area contributed by atoms with E-state index in [0.717, 1.165) is 6.29 Å². The van der Waals surface area contributed by atoms with Gasteiger partial charge in [0.05, 0.1) is 0 Å². The third-order valence-corrected chi connectivity index (χ3v) is 4.12. The Labute approximate surface area is 110 Å². The first kappa shape index (κ1) is 13.4. The first-order valence-corrected chi connectivity index (χ1v) is 7.45. The third kappa shape index (κ3) is 3.25. The van der Waals surface area contributed by atoms with Gasteiger partial charge in [-0.3, -0.25) is 4.79 Å². The summed E-state index contributed by atoms with van der Waals surface area (Å²) in [6.45, 7) is 1.56. The second-order valence-corrected chi connectivity index (χ2v) is 6.28. The van der Waals surface area contributed by atoms with E-state index in [-0.39, 0.29) is 17.4 Å². The Morgan fingerprint density at radius 2 is 1.95 bits per heavy atom. The highest BCUT2D eigenvalue weighted by Gasteiger charge is 2.15. The van der Waals surface area contributed by atoms with Crippen molar-refractivity contribution >= 4 is 16.1 Å². The standard InChI is InChI=1S/C12H12N2O4S/c1-2-19(16,17)8-11-13-12(14-18-11)10-5-3-9(7-15)4-6-10/h3-7H,2,8H2,1H3. The molecule has 0 aliphatic rings. The molecule has 100 valence electrons. The molecule has 2 aromatic rings. The molecule has 2 rings (SSSR count). The van der Waals surface area contributed by atoms with Crippen LogP contribution in [0.3, 0.4) is 0 Å². The molecule has 1 aromatic carbocycles. The molecule has 0 unspecified atom stereocenters. The lowest BCUT2D eigenvalue weighted by Crippen LogP contribution is -2.06. The largest absolute Gasteiger partial charge is 0.338 e. The molecule has 6 nitrogen and oxygen atoms in total. The lowest BCUT2D eigenvalue weighted by Gasteiger charge is -1.95. The fourth-order valence-electron chi connectivity index (χ4n) is 1.43. The molecule has 1 aromatic heterocycles. The third-order valence-electron chi connectivity index (χ3n) is 2.56. The Hall–Kier alpha value is -2.02. The van der Waals surface area contributed by atoms with Gasteiger partial charge < -0.3 is 4.52 Å². The van der Waals surface area contributed by atoms with Crippen LogP contribution >= 0.6 is 0 Å². The highest BCUT2D eigenvalue weighted by Crippen LogP contribution is 2.17. The number of nitrogens with zero attached hydrogens (tertiary/aromatic N) is 2. The molecule has 0 saturated heterocycles. The summed E-state index contributed by atoms with van der Waals surface area (Å²) in [6, 6.07) is 6.60. The maximum Gasteiger partial charge on any atom is 0.242 e. The van der Waals surface area contributed by atoms with Crippen molar-refractivity contribution in [1.29, 1.82) is 0 Å². The number of sulfone groups is 1. The molecule has 0 fully saturated rings. The average molecular weight is 280 g/mol. The van der Waals surface area contributed by atoms with Crippen LogP contribution in [0.15, 0.2) is 28.8 Å². The van der Waals surface area contributed by atoms with Gasteiger partial charge >= 0.3 is 0 Å². The fraction of sp³-hybridized carbons (Fsp3) is 0.250. The van der Waals surface area contributed by atoms with Gasteiger partial charge in [0, 0.05) is 16.9 Å². The smallest absolute Gasteiger partial charge is 0.242 e. The number of benzene rings is 1. The minimum Gasteiger partial charge on any atom is -0.338 e. The van der Waals surface area contributed by atoms with Gasteiger partial charge in [-0.25, -0.2) is 8.42 Å². The van der Waals surface area contributed by atoms with Crippen LogP contribution in [0.5, 0.6) is 0 Å². The first-order valence-electron chi connectivity index (χ1n) is 5.62. The quantitative estimate of drug-likeness (QED) is 0.771. The van der Waals surface area contributed by atoms with Gasteiger partial charge in [0.2, 0.25) is 11.7 Å². The molecule has 1 heterocycles. The summed E-state index contributed by atoms with van der Waals surface area (Å²) >= 11 is 0. The topological polar surface area (TPSA) is 90.1 Å². The molecule has 19 heavy (non-hydrogen) atoms. The molecular weight excluding hydrogens is 268 g/mol. The van der Waals surface area contributed by atoms with E-state index in [4.69, 9.17) is 4.52 Å². The van der Waals surface area contributed by atoms with Gasteiger partial charge in [0.1, 0.15) is 12.0 Å². The fourth-order valence-corrected chi connectivity index (χ4v) is 2.13. The summed E-state index contributed by atoms with van der Waals surface area (Å²) in [5.74, 6) is 0.136. The Bertz CT molecular complexity index is 674. The van der Waals surface area contributed by atoms with Crippen molar-refractivity contribution < 1.29 is 17.7 Å². The number of rotatable bonds is 5. The molecule has 0 aliphatic carbocycles. The molecule has 0 saturated carbocycles. The Morgan fingerprint density at radius 3 is 2.53 bits per heavy atom. The van der Waals surface area contributed by atoms with Crippen molar-refractivity contribution in [2.75, 3.05) is 5.75 Å². The van der Waals surface area contributed by atoms with Gasteiger partial charge in [0.15, 0.2) is 9.84 Å². The van der Waals surface area contributed by atoms with E-state index >= 15 is 0 Å². The SMILES string of the molecule is CCS(=O)(=O)Cc1nc(-c2ccc(C=O)cc2)no1. The maximum absolute atomic E-state index is 11.4. The summed E-state index contributed by atoms with van der Waals surface area (Å²) in [4.78, 5) is 14.6. The molecule has 0 atom stereocenters. The van der Waals surface area contributed by atoms with Crippen LogP contribution in [0.4, 0.5) is 0 Å². The van der Waals surface area contributed by atoms with E-state index in [1.165, 1.54) is 0 Å². The number of carbonyl (C=O) groups excluding carboxylic acids is 1. The van der Waals surface area contributed by atoms with Crippen LogP contribution in [0.25, 0.3) is 11.4 Å². The predicted molar refractivity (Wildman–Crippen MR) is 68.3 cm³/mol. The molecule has 0 bridgehead atoms. The number of hydrogen-bond acceptors (Lipinski definition) is 6. The molecular formula is C12H12N2O4S. The van der Waals surface area contributed by atoms with Crippen molar-refractivity contribution in [2.45, 2.75) is 12.7 Å². The molecule has 7 heteroatoms. The Kier molecular flexibility index (Phi) is 3.75. The van der Waals surface area contributed by atoms with E-state index in [2.05, 4.69) is 10.1 Å². The molecule has 0 N–H and O–H groups in total. The van der Waals surface area contributed by atoms with Crippen molar-refractivity contribution in [1.82, 2.24) is 10.1 Å². The van der Waals surface area contributed by atoms with Crippen LogP contribution in [-0.2, 0) is 15.6 Å². The van der Waals surface area contributed by atoms with Crippen molar-refractivity contribution in [3.8, 4) is 11.4 Å². The summed E-state index contributed by atoms with van der Waals surface area (Å²) < 4.78 is 27.8. The molecule has 0 spiro atoms.